The van der Waals surface area contributed by atoms with E-state index in [2.05, 4.69) is 4.98 Å². The minimum Gasteiger partial charge on any atom is -0.341 e. The molecule has 0 radical (unpaired) electrons. The molecule has 1 aliphatic rings. The van der Waals surface area contributed by atoms with E-state index in [0.29, 0.717) is 12.1 Å². The van der Waals surface area contributed by atoms with Crippen molar-refractivity contribution < 1.29 is 4.79 Å². The maximum atomic E-state index is 12.5. The second-order valence-corrected chi connectivity index (χ2v) is 6.74. The number of rotatable bonds is 3. The van der Waals surface area contributed by atoms with Crippen molar-refractivity contribution in [2.75, 3.05) is 7.05 Å². The number of pyridine rings is 1. The maximum absolute atomic E-state index is 12.5. The summed E-state index contributed by atoms with van der Waals surface area (Å²) in [6.45, 7) is 2.37. The highest BCUT2D eigenvalue weighted by molar-refractivity contribution is 5.80. The van der Waals surface area contributed by atoms with E-state index in [4.69, 9.17) is 0 Å². The molecule has 1 saturated carbocycles. The molecule has 23 heavy (non-hydrogen) atoms. The third-order valence-electron chi connectivity index (χ3n) is 4.82. The van der Waals surface area contributed by atoms with E-state index in [9.17, 15) is 9.59 Å². The summed E-state index contributed by atoms with van der Waals surface area (Å²) in [4.78, 5) is 29.5. The minimum absolute atomic E-state index is 0.105. The Morgan fingerprint density at radius 1 is 1.22 bits per heavy atom. The zero-order valence-corrected chi connectivity index (χ0v) is 13.9. The first-order chi connectivity index (χ1) is 11.0. The van der Waals surface area contributed by atoms with Crippen LogP contribution in [0.3, 0.4) is 0 Å². The van der Waals surface area contributed by atoms with Gasteiger partial charge in [0, 0.05) is 24.0 Å². The molecule has 0 bridgehead atoms. The molecule has 122 valence electrons. The minimum atomic E-state index is -0.105. The summed E-state index contributed by atoms with van der Waals surface area (Å²) >= 11 is 0. The Bertz CT molecular complexity index is 773. The molecule has 0 saturated heterocycles. The Morgan fingerprint density at radius 2 is 1.96 bits per heavy atom. The zero-order chi connectivity index (χ0) is 16.4. The molecule has 0 unspecified atom stereocenters. The van der Waals surface area contributed by atoms with Crippen molar-refractivity contribution in [1.29, 1.82) is 0 Å². The van der Waals surface area contributed by atoms with Gasteiger partial charge in [-0.3, -0.25) is 9.59 Å². The number of carbonyl (C=O) groups excluding carboxylic acids is 1. The standard InChI is InChI=1S/C19H24N2O2/c1-13-8-9-15-11-16(18(22)20-17(15)10-13)12-21(2)19(23)14-6-4-3-5-7-14/h8-11,14H,3-7,12H2,1-2H3,(H,20,22). The third kappa shape index (κ3) is 3.46. The maximum Gasteiger partial charge on any atom is 0.253 e. The van der Waals surface area contributed by atoms with Crippen LogP contribution in [0.15, 0.2) is 29.1 Å². The van der Waals surface area contributed by atoms with Gasteiger partial charge in [0.05, 0.1) is 6.54 Å². The summed E-state index contributed by atoms with van der Waals surface area (Å²) in [7, 11) is 1.80. The normalized spacial score (nSPS) is 15.7. The fourth-order valence-corrected chi connectivity index (χ4v) is 3.47. The summed E-state index contributed by atoms with van der Waals surface area (Å²) in [5, 5.41) is 1.00. The first-order valence-electron chi connectivity index (χ1n) is 8.42. The number of nitrogens with zero attached hydrogens (tertiary/aromatic N) is 1. The van der Waals surface area contributed by atoms with E-state index < -0.39 is 0 Å². The average molecular weight is 312 g/mol. The van der Waals surface area contributed by atoms with Crippen molar-refractivity contribution >= 4 is 16.8 Å². The third-order valence-corrected chi connectivity index (χ3v) is 4.82. The summed E-state index contributed by atoms with van der Waals surface area (Å²) in [6, 6.07) is 7.91. The molecule has 0 spiro atoms. The highest BCUT2D eigenvalue weighted by Crippen LogP contribution is 2.25. The van der Waals surface area contributed by atoms with Crippen LogP contribution in [0.25, 0.3) is 10.9 Å². The van der Waals surface area contributed by atoms with Crippen LogP contribution in [0.5, 0.6) is 0 Å². The number of benzene rings is 1. The second-order valence-electron chi connectivity index (χ2n) is 6.74. The fourth-order valence-electron chi connectivity index (χ4n) is 3.47. The average Bonchev–Trinajstić information content (AvgIpc) is 2.55. The van der Waals surface area contributed by atoms with Gasteiger partial charge in [0.1, 0.15) is 0 Å². The van der Waals surface area contributed by atoms with Crippen molar-refractivity contribution in [3.8, 4) is 0 Å². The molecule has 3 rings (SSSR count). The molecular weight excluding hydrogens is 288 g/mol. The number of aromatic amines is 1. The molecule has 1 amide bonds. The van der Waals surface area contributed by atoms with Gasteiger partial charge in [0.15, 0.2) is 0 Å². The monoisotopic (exact) mass is 312 g/mol. The Kier molecular flexibility index (Phi) is 4.51. The first-order valence-corrected chi connectivity index (χ1v) is 8.42. The first kappa shape index (κ1) is 15.8. The fraction of sp³-hybridized carbons (Fsp3) is 0.474. The molecule has 1 aromatic carbocycles. The molecule has 1 fully saturated rings. The number of aromatic nitrogens is 1. The van der Waals surface area contributed by atoms with E-state index in [-0.39, 0.29) is 17.4 Å². The number of carbonyl (C=O) groups is 1. The van der Waals surface area contributed by atoms with Crippen molar-refractivity contribution in [2.24, 2.45) is 5.92 Å². The van der Waals surface area contributed by atoms with Crippen molar-refractivity contribution in [3.63, 3.8) is 0 Å². The molecule has 0 aliphatic heterocycles. The highest BCUT2D eigenvalue weighted by atomic mass is 16.2. The number of hydrogen-bond donors (Lipinski definition) is 1. The van der Waals surface area contributed by atoms with E-state index in [1.165, 1.54) is 6.42 Å². The van der Waals surface area contributed by atoms with Crippen LogP contribution in [0.4, 0.5) is 0 Å². The summed E-state index contributed by atoms with van der Waals surface area (Å²) in [5.74, 6) is 0.309. The molecule has 2 aromatic rings. The number of H-pyrrole nitrogens is 1. The lowest BCUT2D eigenvalue weighted by Crippen LogP contribution is -2.35. The van der Waals surface area contributed by atoms with Crippen LogP contribution >= 0.6 is 0 Å². The molecule has 1 aromatic heterocycles. The van der Waals surface area contributed by atoms with Crippen molar-refractivity contribution in [3.05, 3.63) is 45.7 Å². The second kappa shape index (κ2) is 6.57. The van der Waals surface area contributed by atoms with Gasteiger partial charge in [-0.05, 0) is 42.8 Å². The summed E-state index contributed by atoms with van der Waals surface area (Å²) in [6.07, 6.45) is 5.48. The largest absolute Gasteiger partial charge is 0.341 e. The molecule has 4 heteroatoms. The number of aryl methyl sites for hydroxylation is 1. The molecule has 1 aliphatic carbocycles. The van der Waals surface area contributed by atoms with Gasteiger partial charge in [-0.1, -0.05) is 31.4 Å². The van der Waals surface area contributed by atoms with E-state index in [0.717, 1.165) is 42.1 Å². The number of amides is 1. The van der Waals surface area contributed by atoms with E-state index in [1.54, 1.807) is 11.9 Å². The number of hydrogen-bond acceptors (Lipinski definition) is 2. The van der Waals surface area contributed by atoms with E-state index >= 15 is 0 Å². The van der Waals surface area contributed by atoms with Gasteiger partial charge in [0.2, 0.25) is 5.91 Å². The lowest BCUT2D eigenvalue weighted by atomic mass is 9.88. The van der Waals surface area contributed by atoms with Crippen LogP contribution in [0.1, 0.15) is 43.2 Å². The van der Waals surface area contributed by atoms with Crippen LogP contribution < -0.4 is 5.56 Å². The molecular formula is C19H24N2O2. The summed E-state index contributed by atoms with van der Waals surface area (Å²) in [5.41, 5.74) is 2.50. The smallest absolute Gasteiger partial charge is 0.253 e. The van der Waals surface area contributed by atoms with Gasteiger partial charge in [-0.2, -0.15) is 0 Å². The van der Waals surface area contributed by atoms with Gasteiger partial charge in [-0.15, -0.1) is 0 Å². The van der Waals surface area contributed by atoms with Crippen molar-refractivity contribution in [1.82, 2.24) is 9.88 Å². The predicted octanol–water partition coefficient (Wildman–Crippen LogP) is 3.38. The predicted molar refractivity (Wildman–Crippen MR) is 92.4 cm³/mol. The van der Waals surface area contributed by atoms with Crippen LogP contribution in [-0.2, 0) is 11.3 Å². The lowest BCUT2D eigenvalue weighted by Gasteiger charge is -2.26. The Hall–Kier alpha value is -2.10. The quantitative estimate of drug-likeness (QED) is 0.944. The molecule has 1 N–H and O–H groups in total. The lowest BCUT2D eigenvalue weighted by molar-refractivity contribution is -0.135. The van der Waals surface area contributed by atoms with E-state index in [1.807, 2.05) is 31.2 Å². The summed E-state index contributed by atoms with van der Waals surface area (Å²) < 4.78 is 0. The van der Waals surface area contributed by atoms with Crippen LogP contribution in [0, 0.1) is 12.8 Å². The molecule has 0 atom stereocenters. The highest BCUT2D eigenvalue weighted by Gasteiger charge is 2.24. The van der Waals surface area contributed by atoms with Gasteiger partial charge >= 0.3 is 0 Å². The van der Waals surface area contributed by atoms with Gasteiger partial charge in [-0.25, -0.2) is 0 Å². The molecule has 4 nitrogen and oxygen atoms in total. The number of fused-ring (bicyclic) bond motifs is 1. The van der Waals surface area contributed by atoms with Crippen LogP contribution in [-0.4, -0.2) is 22.8 Å². The Morgan fingerprint density at radius 3 is 2.70 bits per heavy atom. The van der Waals surface area contributed by atoms with Gasteiger partial charge in [0.25, 0.3) is 5.56 Å². The van der Waals surface area contributed by atoms with Crippen LogP contribution in [0.2, 0.25) is 0 Å². The zero-order valence-electron chi connectivity index (χ0n) is 13.9. The van der Waals surface area contributed by atoms with Crippen molar-refractivity contribution in [2.45, 2.75) is 45.6 Å². The van der Waals surface area contributed by atoms with Gasteiger partial charge < -0.3 is 9.88 Å². The Labute approximate surface area is 136 Å². The number of nitrogens with one attached hydrogen (secondary N) is 1. The Balaban J connectivity index is 1.80. The molecule has 1 heterocycles. The SMILES string of the molecule is Cc1ccc2cc(CN(C)C(=O)C3CCCCC3)c(=O)[nH]c2c1. The topological polar surface area (TPSA) is 53.2 Å².